The molecule has 0 aromatic heterocycles. The Morgan fingerprint density at radius 3 is 1.41 bits per heavy atom. The van der Waals surface area contributed by atoms with Crippen molar-refractivity contribution in [2.75, 3.05) is 12.3 Å². The first-order valence-corrected chi connectivity index (χ1v) is 14.5. The first-order chi connectivity index (χ1) is 15.9. The van der Waals surface area contributed by atoms with Gasteiger partial charge in [0.2, 0.25) is 0 Å². The molecule has 5 rings (SSSR count). The predicted molar refractivity (Wildman–Crippen MR) is 145 cm³/mol. The van der Waals surface area contributed by atoms with Gasteiger partial charge in [-0.3, -0.25) is 0 Å². The molecule has 4 aromatic rings. The van der Waals surface area contributed by atoms with Crippen LogP contribution in [0.5, 0.6) is 0 Å². The minimum absolute atomic E-state index is 0.565. The van der Waals surface area contributed by atoms with E-state index in [9.17, 15) is 0 Å². The summed E-state index contributed by atoms with van der Waals surface area (Å²) in [5.41, 5.74) is 0. The number of benzene rings is 4. The van der Waals surface area contributed by atoms with Crippen molar-refractivity contribution in [1.82, 2.24) is 4.67 Å². The van der Waals surface area contributed by atoms with Gasteiger partial charge >= 0.3 is 0 Å². The molecule has 1 aliphatic heterocycles. The smallest absolute Gasteiger partial charge is 0.0757 e. The van der Waals surface area contributed by atoms with Crippen LogP contribution in [0.1, 0.15) is 0 Å². The molecule has 0 radical (unpaired) electrons. The van der Waals surface area contributed by atoms with E-state index in [-0.39, 0.29) is 0 Å². The van der Waals surface area contributed by atoms with Crippen molar-refractivity contribution in [2.24, 2.45) is 0 Å². The summed E-state index contributed by atoms with van der Waals surface area (Å²) >= 11 is 2.01. The van der Waals surface area contributed by atoms with Crippen LogP contribution in [0.15, 0.2) is 132 Å². The standard InChI is InChI=1S/C28H25NP2S/c1-5-13-24(14-6-1)30(25-15-7-2-8-16-25)23-28-29(21-22-32-28)31(26-17-9-3-10-18-26)27-19-11-4-12-20-27/h1-20,23H,21-22H2/b28-23-. The lowest BCUT2D eigenvalue weighted by Crippen LogP contribution is -2.26. The molecule has 1 saturated heterocycles. The quantitative estimate of drug-likeness (QED) is 0.318. The largest absolute Gasteiger partial charge is 0.337 e. The molecule has 32 heavy (non-hydrogen) atoms. The Morgan fingerprint density at radius 1 is 0.562 bits per heavy atom. The van der Waals surface area contributed by atoms with E-state index in [1.807, 2.05) is 11.8 Å². The number of hydrogen-bond acceptors (Lipinski definition) is 2. The van der Waals surface area contributed by atoms with Gasteiger partial charge in [0.25, 0.3) is 0 Å². The van der Waals surface area contributed by atoms with E-state index in [1.54, 1.807) is 0 Å². The Hall–Kier alpha value is -2.37. The molecule has 0 atom stereocenters. The van der Waals surface area contributed by atoms with E-state index in [2.05, 4.69) is 132 Å². The molecule has 0 spiro atoms. The lowest BCUT2D eigenvalue weighted by atomic mass is 10.4. The van der Waals surface area contributed by atoms with E-state index in [1.165, 1.54) is 26.2 Å². The lowest BCUT2D eigenvalue weighted by molar-refractivity contribution is 0.663. The second kappa shape index (κ2) is 10.5. The van der Waals surface area contributed by atoms with Gasteiger partial charge in [-0.05, 0) is 24.3 Å². The van der Waals surface area contributed by atoms with Crippen LogP contribution in [0.3, 0.4) is 0 Å². The fourth-order valence-electron chi connectivity index (χ4n) is 3.88. The summed E-state index contributed by atoms with van der Waals surface area (Å²) in [5, 5.41) is 7.04. The highest BCUT2D eigenvalue weighted by Crippen LogP contribution is 2.50. The molecule has 1 nitrogen and oxygen atoms in total. The normalized spacial score (nSPS) is 15.1. The van der Waals surface area contributed by atoms with Crippen molar-refractivity contribution < 1.29 is 0 Å². The van der Waals surface area contributed by atoms with Crippen LogP contribution >= 0.6 is 27.8 Å². The monoisotopic (exact) mass is 469 g/mol. The van der Waals surface area contributed by atoms with Gasteiger partial charge in [-0.1, -0.05) is 121 Å². The summed E-state index contributed by atoms with van der Waals surface area (Å²) in [6.07, 6.45) is 0. The maximum Gasteiger partial charge on any atom is 0.0757 e. The van der Waals surface area contributed by atoms with Crippen LogP contribution in [0, 0.1) is 0 Å². The fourth-order valence-corrected chi connectivity index (χ4v) is 10.1. The van der Waals surface area contributed by atoms with Crippen molar-refractivity contribution in [3.63, 3.8) is 0 Å². The zero-order valence-electron chi connectivity index (χ0n) is 17.8. The van der Waals surface area contributed by atoms with Crippen molar-refractivity contribution in [1.29, 1.82) is 0 Å². The minimum Gasteiger partial charge on any atom is -0.337 e. The Labute approximate surface area is 197 Å². The second-order valence-corrected chi connectivity index (χ2v) is 12.7. The van der Waals surface area contributed by atoms with Crippen molar-refractivity contribution >= 4 is 49.0 Å². The summed E-state index contributed by atoms with van der Waals surface area (Å²) in [5.74, 6) is 3.69. The zero-order valence-corrected chi connectivity index (χ0v) is 20.4. The zero-order chi connectivity index (χ0) is 21.6. The maximum atomic E-state index is 2.67. The average Bonchev–Trinajstić information content (AvgIpc) is 3.33. The molecule has 0 bridgehead atoms. The first-order valence-electron chi connectivity index (χ1n) is 10.8. The number of thioether (sulfide) groups is 1. The predicted octanol–water partition coefficient (Wildman–Crippen LogP) is 6.01. The molecule has 1 aliphatic rings. The van der Waals surface area contributed by atoms with Crippen LogP contribution in [-0.4, -0.2) is 17.0 Å². The van der Waals surface area contributed by atoms with E-state index < -0.39 is 16.0 Å². The molecule has 0 N–H and O–H groups in total. The third-order valence-corrected chi connectivity index (χ3v) is 11.4. The van der Waals surface area contributed by atoms with Gasteiger partial charge in [-0.15, -0.1) is 11.8 Å². The highest BCUT2D eigenvalue weighted by molar-refractivity contribution is 8.04. The third kappa shape index (κ3) is 4.84. The topological polar surface area (TPSA) is 3.24 Å². The molecule has 0 aliphatic carbocycles. The second-order valence-electron chi connectivity index (χ2n) is 7.46. The molecular formula is C28H25NP2S. The Kier molecular flexibility index (Phi) is 7.04. The number of hydrogen-bond donors (Lipinski definition) is 0. The van der Waals surface area contributed by atoms with Gasteiger partial charge in [0.15, 0.2) is 0 Å². The van der Waals surface area contributed by atoms with Crippen LogP contribution in [0.4, 0.5) is 0 Å². The van der Waals surface area contributed by atoms with Gasteiger partial charge in [-0.2, -0.15) is 0 Å². The van der Waals surface area contributed by atoms with Crippen LogP contribution < -0.4 is 21.2 Å². The molecule has 0 unspecified atom stereocenters. The molecule has 0 saturated carbocycles. The van der Waals surface area contributed by atoms with Crippen molar-refractivity contribution in [3.8, 4) is 0 Å². The Bertz CT molecular complexity index is 1070. The molecule has 0 amide bonds. The maximum absolute atomic E-state index is 2.67. The van der Waals surface area contributed by atoms with Gasteiger partial charge in [0.05, 0.1) is 13.1 Å². The van der Waals surface area contributed by atoms with Gasteiger partial charge in [0.1, 0.15) is 0 Å². The highest BCUT2D eigenvalue weighted by atomic mass is 32.2. The molecule has 158 valence electrons. The van der Waals surface area contributed by atoms with Gasteiger partial charge < -0.3 is 4.67 Å². The summed E-state index contributed by atoms with van der Waals surface area (Å²) in [6, 6.07) is 44.0. The van der Waals surface area contributed by atoms with Crippen LogP contribution in [0.2, 0.25) is 0 Å². The Balaban J connectivity index is 1.58. The SMILES string of the molecule is C(=C1/SCCN1P(c1ccccc1)c1ccccc1)/P(c1ccccc1)c1ccccc1. The minimum atomic E-state index is -0.605. The third-order valence-electron chi connectivity index (χ3n) is 5.36. The number of nitrogens with zero attached hydrogens (tertiary/aromatic N) is 1. The first kappa shape index (κ1) is 21.5. The molecule has 4 aromatic carbocycles. The highest BCUT2D eigenvalue weighted by Gasteiger charge is 2.29. The molecule has 1 heterocycles. The van der Waals surface area contributed by atoms with Crippen LogP contribution in [0.25, 0.3) is 0 Å². The fraction of sp³-hybridized carbons (Fsp3) is 0.0714. The van der Waals surface area contributed by atoms with E-state index in [4.69, 9.17) is 0 Å². The molecule has 4 heteroatoms. The summed E-state index contributed by atoms with van der Waals surface area (Å²) in [6.45, 7) is 1.08. The van der Waals surface area contributed by atoms with E-state index in [0.29, 0.717) is 0 Å². The Morgan fingerprint density at radius 2 is 0.969 bits per heavy atom. The van der Waals surface area contributed by atoms with Crippen molar-refractivity contribution in [2.45, 2.75) is 0 Å². The summed E-state index contributed by atoms with van der Waals surface area (Å²) < 4.78 is 2.67. The van der Waals surface area contributed by atoms with Gasteiger partial charge in [0, 0.05) is 22.9 Å². The average molecular weight is 470 g/mol. The van der Waals surface area contributed by atoms with E-state index >= 15 is 0 Å². The van der Waals surface area contributed by atoms with Gasteiger partial charge in [-0.25, -0.2) is 0 Å². The van der Waals surface area contributed by atoms with Crippen molar-refractivity contribution in [3.05, 3.63) is 132 Å². The molecular weight excluding hydrogens is 444 g/mol. The number of rotatable bonds is 6. The lowest BCUT2D eigenvalue weighted by Gasteiger charge is -2.31. The summed E-state index contributed by atoms with van der Waals surface area (Å²) in [4.78, 5) is 0. The molecule has 1 fully saturated rings. The van der Waals surface area contributed by atoms with E-state index in [0.717, 1.165) is 12.3 Å². The summed E-state index contributed by atoms with van der Waals surface area (Å²) in [7, 11) is -1.17. The van der Waals surface area contributed by atoms with Crippen LogP contribution in [-0.2, 0) is 0 Å².